The fourth-order valence-corrected chi connectivity index (χ4v) is 1.21. The first-order chi connectivity index (χ1) is 5.83. The normalized spacial score (nSPS) is 10.8. The van der Waals surface area contributed by atoms with Crippen LogP contribution < -0.4 is 0 Å². The second-order valence-electron chi connectivity index (χ2n) is 2.59. The van der Waals surface area contributed by atoms with Crippen LogP contribution in [0, 0.1) is 6.92 Å². The minimum Gasteiger partial charge on any atom is -0.244 e. The van der Waals surface area contributed by atoms with E-state index in [9.17, 15) is 4.39 Å². The van der Waals surface area contributed by atoms with Gasteiger partial charge in [0, 0.05) is 11.8 Å². The van der Waals surface area contributed by atoms with Gasteiger partial charge in [0.1, 0.15) is 6.67 Å². The topological polar surface area (TPSA) is 17.3 Å². The Kier molecular flexibility index (Phi) is 1.57. The molecule has 0 aromatic carbocycles. The van der Waals surface area contributed by atoms with Gasteiger partial charge < -0.3 is 0 Å². The van der Waals surface area contributed by atoms with E-state index in [0.29, 0.717) is 11.3 Å². The molecule has 1 radical (unpaired) electrons. The standard InChI is InChI=1S/C9H8FN2/c1-7-8(6-10)11-12-5-3-2-4-9(7)12/h2-5H,1,6H2. The molecule has 0 fully saturated rings. The van der Waals surface area contributed by atoms with Crippen molar-refractivity contribution in [3.8, 4) is 0 Å². The minimum atomic E-state index is -0.555. The zero-order chi connectivity index (χ0) is 8.55. The van der Waals surface area contributed by atoms with Gasteiger partial charge in [0.15, 0.2) is 0 Å². The largest absolute Gasteiger partial charge is 0.244 e. The first kappa shape index (κ1) is 7.28. The average Bonchev–Trinajstić information content (AvgIpc) is 2.44. The molecule has 2 aromatic heterocycles. The molecule has 3 heteroatoms. The summed E-state index contributed by atoms with van der Waals surface area (Å²) in [5, 5.41) is 4.01. The number of halogens is 1. The van der Waals surface area contributed by atoms with E-state index in [0.717, 1.165) is 5.52 Å². The zero-order valence-corrected chi connectivity index (χ0v) is 6.50. The van der Waals surface area contributed by atoms with Crippen LogP contribution in [0.5, 0.6) is 0 Å². The summed E-state index contributed by atoms with van der Waals surface area (Å²) in [4.78, 5) is 0. The minimum absolute atomic E-state index is 0.418. The molecule has 0 spiro atoms. The lowest BCUT2D eigenvalue weighted by atomic mass is 10.2. The van der Waals surface area contributed by atoms with Crippen molar-refractivity contribution >= 4 is 5.52 Å². The summed E-state index contributed by atoms with van der Waals surface area (Å²) in [5.41, 5.74) is 1.96. The van der Waals surface area contributed by atoms with E-state index in [-0.39, 0.29) is 0 Å². The molecule has 61 valence electrons. The number of rotatable bonds is 1. The van der Waals surface area contributed by atoms with Crippen LogP contribution in [-0.2, 0) is 6.67 Å². The van der Waals surface area contributed by atoms with Crippen molar-refractivity contribution in [2.75, 3.05) is 0 Å². The maximum Gasteiger partial charge on any atom is 0.134 e. The van der Waals surface area contributed by atoms with Gasteiger partial charge in [0.2, 0.25) is 0 Å². The number of alkyl halides is 1. The van der Waals surface area contributed by atoms with Gasteiger partial charge >= 0.3 is 0 Å². The Balaban J connectivity index is 2.78. The maximum absolute atomic E-state index is 12.3. The molecule has 12 heavy (non-hydrogen) atoms. The van der Waals surface area contributed by atoms with Crippen molar-refractivity contribution in [2.24, 2.45) is 0 Å². The highest BCUT2D eigenvalue weighted by atomic mass is 19.1. The van der Waals surface area contributed by atoms with Gasteiger partial charge in [-0.05, 0) is 19.1 Å². The number of nitrogens with zero attached hydrogens (tertiary/aromatic N) is 2. The second-order valence-corrected chi connectivity index (χ2v) is 2.59. The number of pyridine rings is 1. The van der Waals surface area contributed by atoms with Crippen molar-refractivity contribution in [1.29, 1.82) is 0 Å². The Bertz CT molecular complexity index is 406. The first-order valence-electron chi connectivity index (χ1n) is 3.67. The zero-order valence-electron chi connectivity index (χ0n) is 6.50. The van der Waals surface area contributed by atoms with Crippen LogP contribution in [0.25, 0.3) is 5.52 Å². The number of hydrogen-bond donors (Lipinski definition) is 0. The molecule has 2 aromatic rings. The van der Waals surface area contributed by atoms with Crippen LogP contribution in [0.1, 0.15) is 11.3 Å². The first-order valence-corrected chi connectivity index (χ1v) is 3.67. The van der Waals surface area contributed by atoms with Gasteiger partial charge in [0.05, 0.1) is 11.2 Å². The van der Waals surface area contributed by atoms with Crippen molar-refractivity contribution in [3.63, 3.8) is 0 Å². The highest BCUT2D eigenvalue weighted by Crippen LogP contribution is 2.14. The van der Waals surface area contributed by atoms with Crippen LogP contribution in [-0.4, -0.2) is 9.61 Å². The SMILES string of the molecule is [CH2]c1c(CF)nn2ccccc12. The van der Waals surface area contributed by atoms with Crippen LogP contribution in [0.3, 0.4) is 0 Å². The van der Waals surface area contributed by atoms with E-state index < -0.39 is 6.67 Å². The van der Waals surface area contributed by atoms with E-state index in [2.05, 4.69) is 12.0 Å². The van der Waals surface area contributed by atoms with Crippen LogP contribution in [0.4, 0.5) is 4.39 Å². The molecule has 2 rings (SSSR count). The fourth-order valence-electron chi connectivity index (χ4n) is 1.21. The summed E-state index contributed by atoms with van der Waals surface area (Å²) in [6.07, 6.45) is 1.78. The van der Waals surface area contributed by atoms with Gasteiger partial charge in [-0.1, -0.05) is 6.07 Å². The maximum atomic E-state index is 12.3. The van der Waals surface area contributed by atoms with Crippen molar-refractivity contribution in [2.45, 2.75) is 6.67 Å². The molecule has 0 N–H and O–H groups in total. The molecule has 0 saturated heterocycles. The lowest BCUT2D eigenvalue weighted by Gasteiger charge is -1.89. The third-order valence-corrected chi connectivity index (χ3v) is 1.85. The summed E-state index contributed by atoms with van der Waals surface area (Å²) in [7, 11) is 0. The lowest BCUT2D eigenvalue weighted by molar-refractivity contribution is 0.473. The summed E-state index contributed by atoms with van der Waals surface area (Å²) < 4.78 is 13.9. The average molecular weight is 163 g/mol. The highest BCUT2D eigenvalue weighted by molar-refractivity contribution is 5.57. The molecule has 0 aliphatic heterocycles. The van der Waals surface area contributed by atoms with Crippen LogP contribution in [0.2, 0.25) is 0 Å². The highest BCUT2D eigenvalue weighted by Gasteiger charge is 2.06. The molecule has 0 unspecified atom stereocenters. The molecule has 0 saturated carbocycles. The number of aromatic nitrogens is 2. The summed E-state index contributed by atoms with van der Waals surface area (Å²) in [5.74, 6) is 0. The van der Waals surface area contributed by atoms with Crippen LogP contribution >= 0.6 is 0 Å². The van der Waals surface area contributed by atoms with E-state index in [1.54, 1.807) is 10.7 Å². The lowest BCUT2D eigenvalue weighted by Crippen LogP contribution is -1.85. The quantitative estimate of drug-likeness (QED) is 0.628. The van der Waals surface area contributed by atoms with E-state index in [1.165, 1.54) is 0 Å². The van der Waals surface area contributed by atoms with Gasteiger partial charge in [0.25, 0.3) is 0 Å². The molecular weight excluding hydrogens is 155 g/mol. The van der Waals surface area contributed by atoms with E-state index in [1.807, 2.05) is 18.2 Å². The summed E-state index contributed by atoms with van der Waals surface area (Å²) in [6, 6.07) is 5.60. The van der Waals surface area contributed by atoms with Crippen molar-refractivity contribution < 1.29 is 4.39 Å². The molecule has 0 bridgehead atoms. The number of fused-ring (bicyclic) bond motifs is 1. The third kappa shape index (κ3) is 0.897. The predicted molar refractivity (Wildman–Crippen MR) is 44.5 cm³/mol. The smallest absolute Gasteiger partial charge is 0.134 e. The molecule has 2 heterocycles. The second kappa shape index (κ2) is 2.59. The Morgan fingerprint density at radius 2 is 2.33 bits per heavy atom. The Labute approximate surface area is 69.6 Å². The number of hydrogen-bond acceptors (Lipinski definition) is 1. The van der Waals surface area contributed by atoms with Crippen LogP contribution in [0.15, 0.2) is 24.4 Å². The fraction of sp³-hybridized carbons (Fsp3) is 0.111. The molecule has 2 nitrogen and oxygen atoms in total. The predicted octanol–water partition coefficient (Wildman–Crippen LogP) is 1.99. The van der Waals surface area contributed by atoms with E-state index >= 15 is 0 Å². The third-order valence-electron chi connectivity index (χ3n) is 1.85. The van der Waals surface area contributed by atoms with Gasteiger partial charge in [-0.2, -0.15) is 5.10 Å². The Morgan fingerprint density at radius 1 is 1.50 bits per heavy atom. The van der Waals surface area contributed by atoms with Crippen molar-refractivity contribution in [3.05, 3.63) is 42.6 Å². The Hall–Kier alpha value is -1.38. The molecule has 0 amide bonds. The van der Waals surface area contributed by atoms with Crippen molar-refractivity contribution in [1.82, 2.24) is 9.61 Å². The van der Waals surface area contributed by atoms with Gasteiger partial charge in [-0.3, -0.25) is 0 Å². The Morgan fingerprint density at radius 3 is 3.00 bits per heavy atom. The van der Waals surface area contributed by atoms with Gasteiger partial charge in [-0.15, -0.1) is 0 Å². The van der Waals surface area contributed by atoms with E-state index in [4.69, 9.17) is 0 Å². The molecule has 0 atom stereocenters. The molecule has 0 aliphatic carbocycles. The van der Waals surface area contributed by atoms with Gasteiger partial charge in [-0.25, -0.2) is 8.91 Å². The summed E-state index contributed by atoms with van der Waals surface area (Å²) in [6.45, 7) is 3.20. The molecule has 0 aliphatic rings. The monoisotopic (exact) mass is 163 g/mol. The summed E-state index contributed by atoms with van der Waals surface area (Å²) >= 11 is 0. The molecular formula is C9H8FN2.